The molecule has 0 unspecified atom stereocenters. The third-order valence-electron chi connectivity index (χ3n) is 2.14. The molecule has 0 saturated carbocycles. The number of phenolic OH excluding ortho intramolecular Hbond substituents is 2. The molecule has 1 rings (SSSR count). The highest BCUT2D eigenvalue weighted by Crippen LogP contribution is 2.31. The van der Waals surface area contributed by atoms with Gasteiger partial charge >= 0.3 is 0 Å². The molecule has 1 aromatic rings. The maximum Gasteiger partial charge on any atom is 0.167 e. The molecule has 0 heterocycles. The fourth-order valence-corrected chi connectivity index (χ4v) is 1.33. The average molecular weight is 194 g/mol. The monoisotopic (exact) mass is 194 g/mol. The second-order valence-electron chi connectivity index (χ2n) is 3.65. The number of phenols is 2. The van der Waals surface area contributed by atoms with Crippen molar-refractivity contribution in [2.45, 2.75) is 26.7 Å². The molecule has 3 nitrogen and oxygen atoms in total. The summed E-state index contributed by atoms with van der Waals surface area (Å²) in [7, 11) is 0. The van der Waals surface area contributed by atoms with Gasteiger partial charge in [-0.3, -0.25) is 4.79 Å². The number of carbonyl (C=O) groups is 1. The molecule has 3 heteroatoms. The first-order valence-corrected chi connectivity index (χ1v) is 4.50. The summed E-state index contributed by atoms with van der Waals surface area (Å²) in [6.07, 6.45) is 0. The van der Waals surface area contributed by atoms with E-state index in [0.29, 0.717) is 0 Å². The molecule has 1 aromatic carbocycles. The van der Waals surface area contributed by atoms with Crippen LogP contribution in [0.3, 0.4) is 0 Å². The fourth-order valence-electron chi connectivity index (χ4n) is 1.33. The summed E-state index contributed by atoms with van der Waals surface area (Å²) in [5.41, 5.74) is 0.805. The normalized spacial score (nSPS) is 10.6. The summed E-state index contributed by atoms with van der Waals surface area (Å²) in [6.45, 7) is 5.20. The number of Topliss-reactive ketones (excluding diaryl/α,β-unsaturated/α-hetero) is 1. The predicted octanol–water partition coefficient (Wildman–Crippen LogP) is 2.42. The molecule has 0 aliphatic carbocycles. The van der Waals surface area contributed by atoms with E-state index < -0.39 is 0 Å². The summed E-state index contributed by atoms with van der Waals surface area (Å²) < 4.78 is 0. The molecule has 14 heavy (non-hydrogen) atoms. The van der Waals surface area contributed by atoms with E-state index in [0.717, 1.165) is 5.56 Å². The van der Waals surface area contributed by atoms with Gasteiger partial charge in [0, 0.05) is 0 Å². The van der Waals surface area contributed by atoms with E-state index in [2.05, 4.69) is 0 Å². The molecule has 0 aromatic heterocycles. The molecule has 0 bridgehead atoms. The lowest BCUT2D eigenvalue weighted by atomic mass is 9.99. The van der Waals surface area contributed by atoms with Crippen LogP contribution in [0.15, 0.2) is 12.1 Å². The van der Waals surface area contributed by atoms with E-state index in [9.17, 15) is 15.0 Å². The zero-order valence-electron chi connectivity index (χ0n) is 8.53. The summed E-state index contributed by atoms with van der Waals surface area (Å²) >= 11 is 0. The van der Waals surface area contributed by atoms with Crippen molar-refractivity contribution >= 4 is 5.78 Å². The molecule has 2 N–H and O–H groups in total. The van der Waals surface area contributed by atoms with E-state index in [1.807, 2.05) is 13.8 Å². The quantitative estimate of drug-likeness (QED) is 0.711. The van der Waals surface area contributed by atoms with Crippen LogP contribution >= 0.6 is 0 Å². The summed E-state index contributed by atoms with van der Waals surface area (Å²) in [5, 5.41) is 19.0. The zero-order valence-corrected chi connectivity index (χ0v) is 8.53. The molecule has 0 atom stereocenters. The van der Waals surface area contributed by atoms with Crippen molar-refractivity contribution in [3.8, 4) is 11.5 Å². The van der Waals surface area contributed by atoms with Crippen LogP contribution in [0, 0.1) is 0 Å². The lowest BCUT2D eigenvalue weighted by Gasteiger charge is -2.10. The lowest BCUT2D eigenvalue weighted by Crippen LogP contribution is -1.96. The van der Waals surface area contributed by atoms with Crippen molar-refractivity contribution in [2.24, 2.45) is 0 Å². The standard InChI is InChI=1S/C11H14O3/c1-6(2)8-4-9(13)11(7(3)12)10(14)5-8/h4-6,13-14H,1-3H3. The zero-order chi connectivity index (χ0) is 10.9. The molecular formula is C11H14O3. The first-order chi connectivity index (χ1) is 6.43. The van der Waals surface area contributed by atoms with Crippen LogP contribution in [0.4, 0.5) is 0 Å². The highest BCUT2D eigenvalue weighted by molar-refractivity contribution is 5.99. The van der Waals surface area contributed by atoms with Crippen LogP contribution in [0.1, 0.15) is 42.6 Å². The minimum atomic E-state index is -0.338. The molecule has 0 spiro atoms. The van der Waals surface area contributed by atoms with Crippen molar-refractivity contribution < 1.29 is 15.0 Å². The van der Waals surface area contributed by atoms with E-state index in [-0.39, 0.29) is 28.8 Å². The Bertz CT molecular complexity index is 344. The number of benzene rings is 1. The van der Waals surface area contributed by atoms with Gasteiger partial charge in [-0.2, -0.15) is 0 Å². The summed E-state index contributed by atoms with van der Waals surface area (Å²) in [4.78, 5) is 11.0. The van der Waals surface area contributed by atoms with Crippen LogP contribution < -0.4 is 0 Å². The van der Waals surface area contributed by atoms with Crippen LogP contribution in [0.5, 0.6) is 11.5 Å². The van der Waals surface area contributed by atoms with Gasteiger partial charge in [0.2, 0.25) is 0 Å². The number of carbonyl (C=O) groups excluding carboxylic acids is 1. The molecule has 76 valence electrons. The summed E-state index contributed by atoms with van der Waals surface area (Å²) in [5.74, 6) is -0.439. The Hall–Kier alpha value is -1.51. The highest BCUT2D eigenvalue weighted by atomic mass is 16.3. The Balaban J connectivity index is 3.32. The van der Waals surface area contributed by atoms with Crippen LogP contribution in [-0.2, 0) is 0 Å². The van der Waals surface area contributed by atoms with Gasteiger partial charge in [-0.25, -0.2) is 0 Å². The number of rotatable bonds is 2. The predicted molar refractivity (Wildman–Crippen MR) is 53.9 cm³/mol. The molecule has 0 aliphatic heterocycles. The maximum absolute atomic E-state index is 11.0. The topological polar surface area (TPSA) is 57.5 Å². The molecule has 0 radical (unpaired) electrons. The van der Waals surface area contributed by atoms with Crippen molar-refractivity contribution in [1.29, 1.82) is 0 Å². The number of aromatic hydroxyl groups is 2. The van der Waals surface area contributed by atoms with Gasteiger partial charge in [-0.15, -0.1) is 0 Å². The van der Waals surface area contributed by atoms with Crippen molar-refractivity contribution in [2.75, 3.05) is 0 Å². The first kappa shape index (κ1) is 10.6. The van der Waals surface area contributed by atoms with Crippen LogP contribution in [0.25, 0.3) is 0 Å². The minimum Gasteiger partial charge on any atom is -0.507 e. The van der Waals surface area contributed by atoms with E-state index in [1.165, 1.54) is 19.1 Å². The smallest absolute Gasteiger partial charge is 0.167 e. The van der Waals surface area contributed by atoms with E-state index >= 15 is 0 Å². The third-order valence-corrected chi connectivity index (χ3v) is 2.14. The summed E-state index contributed by atoms with van der Waals surface area (Å²) in [6, 6.07) is 3.03. The Kier molecular flexibility index (Phi) is 2.79. The van der Waals surface area contributed by atoms with Gasteiger partial charge in [0.25, 0.3) is 0 Å². The number of hydrogen-bond acceptors (Lipinski definition) is 3. The van der Waals surface area contributed by atoms with Crippen molar-refractivity contribution in [3.05, 3.63) is 23.3 Å². The van der Waals surface area contributed by atoms with Gasteiger partial charge < -0.3 is 10.2 Å². The van der Waals surface area contributed by atoms with Crippen LogP contribution in [0.2, 0.25) is 0 Å². The fraction of sp³-hybridized carbons (Fsp3) is 0.364. The Morgan fingerprint density at radius 3 is 1.93 bits per heavy atom. The average Bonchev–Trinajstić information content (AvgIpc) is 2.01. The largest absolute Gasteiger partial charge is 0.507 e. The Morgan fingerprint density at radius 2 is 1.64 bits per heavy atom. The van der Waals surface area contributed by atoms with Crippen LogP contribution in [-0.4, -0.2) is 16.0 Å². The number of hydrogen-bond donors (Lipinski definition) is 2. The maximum atomic E-state index is 11.0. The van der Waals surface area contributed by atoms with E-state index in [1.54, 1.807) is 0 Å². The van der Waals surface area contributed by atoms with Crippen molar-refractivity contribution in [3.63, 3.8) is 0 Å². The number of ketones is 1. The van der Waals surface area contributed by atoms with Gasteiger partial charge in [-0.1, -0.05) is 13.8 Å². The molecule has 0 amide bonds. The Labute approximate surface area is 83.0 Å². The Morgan fingerprint density at radius 1 is 1.21 bits per heavy atom. The minimum absolute atomic E-state index is 0.00519. The lowest BCUT2D eigenvalue weighted by molar-refractivity contribution is 0.101. The first-order valence-electron chi connectivity index (χ1n) is 4.50. The van der Waals surface area contributed by atoms with Gasteiger partial charge in [-0.05, 0) is 30.5 Å². The second-order valence-corrected chi connectivity index (χ2v) is 3.65. The van der Waals surface area contributed by atoms with Gasteiger partial charge in [0.05, 0.1) is 0 Å². The van der Waals surface area contributed by atoms with E-state index in [4.69, 9.17) is 0 Å². The molecule has 0 aliphatic rings. The molecule has 0 fully saturated rings. The molecule has 0 saturated heterocycles. The van der Waals surface area contributed by atoms with Crippen molar-refractivity contribution in [1.82, 2.24) is 0 Å². The third kappa shape index (κ3) is 1.87. The van der Waals surface area contributed by atoms with Gasteiger partial charge in [0.15, 0.2) is 5.78 Å². The second kappa shape index (κ2) is 3.70. The SMILES string of the molecule is CC(=O)c1c(O)cc(C(C)C)cc1O. The molecular weight excluding hydrogens is 180 g/mol. The van der Waals surface area contributed by atoms with Gasteiger partial charge in [0.1, 0.15) is 17.1 Å². The highest BCUT2D eigenvalue weighted by Gasteiger charge is 2.14.